The van der Waals surface area contributed by atoms with E-state index in [-0.39, 0.29) is 5.56 Å². The van der Waals surface area contributed by atoms with Crippen molar-refractivity contribution in [3.8, 4) is 34.0 Å². The Hall–Kier alpha value is -4.23. The lowest BCUT2D eigenvalue weighted by Gasteiger charge is -2.10. The maximum atomic E-state index is 13.1. The van der Waals surface area contributed by atoms with Crippen LogP contribution in [0.4, 0.5) is 0 Å². The summed E-state index contributed by atoms with van der Waals surface area (Å²) in [6.45, 7) is 0. The minimum absolute atomic E-state index is 0.177. The van der Waals surface area contributed by atoms with Gasteiger partial charge in [-0.3, -0.25) is 4.79 Å². The molecule has 0 aliphatic heterocycles. The van der Waals surface area contributed by atoms with Crippen LogP contribution >= 0.6 is 11.3 Å². The third-order valence-corrected chi connectivity index (χ3v) is 6.99. The van der Waals surface area contributed by atoms with Crippen molar-refractivity contribution < 1.29 is 9.47 Å². The lowest BCUT2D eigenvalue weighted by Crippen LogP contribution is -2.07. The molecule has 3 heterocycles. The van der Waals surface area contributed by atoms with E-state index in [4.69, 9.17) is 19.4 Å². The maximum absolute atomic E-state index is 13.1. The van der Waals surface area contributed by atoms with Crippen LogP contribution in [0.2, 0.25) is 0 Å². The predicted molar refractivity (Wildman–Crippen MR) is 137 cm³/mol. The number of aromatic amines is 1. The van der Waals surface area contributed by atoms with Crippen molar-refractivity contribution in [2.45, 2.75) is 0 Å². The molecule has 3 aromatic heterocycles. The third kappa shape index (κ3) is 3.21. The summed E-state index contributed by atoms with van der Waals surface area (Å²) in [5.74, 6) is 2.03. The largest absolute Gasteiger partial charge is 0.497 e. The van der Waals surface area contributed by atoms with E-state index < -0.39 is 0 Å². The van der Waals surface area contributed by atoms with E-state index in [0.717, 1.165) is 49.3 Å². The molecule has 0 amide bonds. The number of fused-ring (bicyclic) bond motifs is 4. The molecule has 34 heavy (non-hydrogen) atoms. The number of nitrogens with zero attached hydrogens (tertiary/aromatic N) is 2. The number of para-hydroxylation sites is 1. The van der Waals surface area contributed by atoms with E-state index >= 15 is 0 Å². The molecule has 0 aliphatic rings. The van der Waals surface area contributed by atoms with Gasteiger partial charge in [-0.2, -0.15) is 0 Å². The van der Waals surface area contributed by atoms with Gasteiger partial charge in [-0.25, -0.2) is 9.97 Å². The third-order valence-electron chi connectivity index (χ3n) is 5.91. The van der Waals surface area contributed by atoms with E-state index in [1.165, 1.54) is 11.3 Å². The summed E-state index contributed by atoms with van der Waals surface area (Å²) in [6.07, 6.45) is 0. The second kappa shape index (κ2) is 7.97. The van der Waals surface area contributed by atoms with Crippen LogP contribution in [-0.2, 0) is 0 Å². The first-order valence-corrected chi connectivity index (χ1v) is 11.5. The van der Waals surface area contributed by atoms with Gasteiger partial charge in [0.1, 0.15) is 26.9 Å². The van der Waals surface area contributed by atoms with Crippen molar-refractivity contribution >= 4 is 42.7 Å². The number of pyridine rings is 1. The molecule has 0 atom stereocenters. The first-order chi connectivity index (χ1) is 16.7. The molecule has 0 aliphatic carbocycles. The fourth-order valence-electron chi connectivity index (χ4n) is 4.25. The second-order valence-corrected chi connectivity index (χ2v) is 8.83. The van der Waals surface area contributed by atoms with Crippen LogP contribution in [0.3, 0.4) is 0 Å². The summed E-state index contributed by atoms with van der Waals surface area (Å²) < 4.78 is 11.2. The first-order valence-electron chi connectivity index (χ1n) is 10.7. The zero-order valence-electron chi connectivity index (χ0n) is 18.5. The standard InChI is InChI=1S/C27H19N3O3S/c1-32-17-11-7-15(8-12-17)21-19-5-3-4-6-20(19)28-27-22(21)23-24(34-27)26(31)30-25(29-23)16-9-13-18(33-2)14-10-16/h3-14H,1-2H3,(H,29,30,31). The monoisotopic (exact) mass is 465 g/mol. The molecule has 6 nitrogen and oxygen atoms in total. The molecule has 0 spiro atoms. The molecular weight excluding hydrogens is 446 g/mol. The highest BCUT2D eigenvalue weighted by Crippen LogP contribution is 2.41. The van der Waals surface area contributed by atoms with E-state index in [9.17, 15) is 4.79 Å². The Morgan fingerprint density at radius 2 is 1.44 bits per heavy atom. The number of nitrogens with one attached hydrogen (secondary N) is 1. The highest BCUT2D eigenvalue weighted by molar-refractivity contribution is 7.25. The number of methoxy groups -OCH3 is 2. The number of H-pyrrole nitrogens is 1. The van der Waals surface area contributed by atoms with Crippen molar-refractivity contribution in [2.75, 3.05) is 14.2 Å². The fourth-order valence-corrected chi connectivity index (χ4v) is 5.28. The van der Waals surface area contributed by atoms with Gasteiger partial charge < -0.3 is 14.5 Å². The number of aromatic nitrogens is 3. The highest BCUT2D eigenvalue weighted by atomic mass is 32.1. The molecule has 0 radical (unpaired) electrons. The Morgan fingerprint density at radius 3 is 2.12 bits per heavy atom. The van der Waals surface area contributed by atoms with Gasteiger partial charge in [0.15, 0.2) is 0 Å². The maximum Gasteiger partial charge on any atom is 0.269 e. The number of ether oxygens (including phenoxy) is 2. The van der Waals surface area contributed by atoms with Gasteiger partial charge in [-0.1, -0.05) is 30.3 Å². The lowest BCUT2D eigenvalue weighted by atomic mass is 9.97. The molecule has 0 saturated carbocycles. The van der Waals surface area contributed by atoms with Crippen molar-refractivity contribution in [3.63, 3.8) is 0 Å². The molecule has 0 saturated heterocycles. The SMILES string of the molecule is COc1ccc(-c2nc3c(sc4nc5ccccc5c(-c5ccc(OC)cc5)c43)c(=O)[nH]2)cc1. The van der Waals surface area contributed by atoms with Gasteiger partial charge >= 0.3 is 0 Å². The zero-order valence-corrected chi connectivity index (χ0v) is 19.3. The molecular formula is C27H19N3O3S. The summed E-state index contributed by atoms with van der Waals surface area (Å²) in [6, 6.07) is 23.4. The Bertz CT molecular complexity index is 1740. The number of thiophene rings is 1. The van der Waals surface area contributed by atoms with E-state index in [0.29, 0.717) is 16.0 Å². The minimum atomic E-state index is -0.177. The van der Waals surface area contributed by atoms with Gasteiger partial charge in [0.05, 0.1) is 25.3 Å². The van der Waals surface area contributed by atoms with E-state index in [1.54, 1.807) is 14.2 Å². The van der Waals surface area contributed by atoms with Gasteiger partial charge in [-0.05, 0) is 48.0 Å². The van der Waals surface area contributed by atoms with Crippen molar-refractivity contribution in [1.82, 2.24) is 15.0 Å². The summed E-state index contributed by atoms with van der Waals surface area (Å²) >= 11 is 1.37. The van der Waals surface area contributed by atoms with Crippen LogP contribution in [0, 0.1) is 0 Å². The molecule has 0 bridgehead atoms. The van der Waals surface area contributed by atoms with E-state index in [2.05, 4.69) is 11.1 Å². The number of hydrogen-bond acceptors (Lipinski definition) is 6. The van der Waals surface area contributed by atoms with Crippen LogP contribution < -0.4 is 15.0 Å². The first kappa shape index (κ1) is 20.4. The minimum Gasteiger partial charge on any atom is -0.497 e. The molecule has 6 rings (SSSR count). The van der Waals surface area contributed by atoms with Gasteiger partial charge in [0, 0.05) is 21.9 Å². The molecule has 3 aromatic carbocycles. The molecule has 7 heteroatoms. The Labute approximate surface area is 198 Å². The van der Waals surface area contributed by atoms with Gasteiger partial charge in [0.2, 0.25) is 0 Å². The second-order valence-electron chi connectivity index (χ2n) is 7.84. The Balaban J connectivity index is 1.71. The van der Waals surface area contributed by atoms with Crippen LogP contribution in [0.25, 0.3) is 53.9 Å². The van der Waals surface area contributed by atoms with Gasteiger partial charge in [0.25, 0.3) is 5.56 Å². The van der Waals surface area contributed by atoms with Crippen LogP contribution in [-0.4, -0.2) is 29.2 Å². The number of hydrogen-bond donors (Lipinski definition) is 1. The summed E-state index contributed by atoms with van der Waals surface area (Å²) in [4.78, 5) is 26.7. The van der Waals surface area contributed by atoms with Crippen molar-refractivity contribution in [2.24, 2.45) is 0 Å². The topological polar surface area (TPSA) is 77.1 Å². The van der Waals surface area contributed by atoms with Crippen LogP contribution in [0.1, 0.15) is 0 Å². The zero-order chi connectivity index (χ0) is 23.2. The summed E-state index contributed by atoms with van der Waals surface area (Å²) in [5.41, 5.74) is 4.17. The summed E-state index contributed by atoms with van der Waals surface area (Å²) in [5, 5.41) is 1.89. The van der Waals surface area contributed by atoms with E-state index in [1.807, 2.05) is 66.7 Å². The van der Waals surface area contributed by atoms with Gasteiger partial charge in [-0.15, -0.1) is 11.3 Å². The lowest BCUT2D eigenvalue weighted by molar-refractivity contribution is 0.415. The smallest absolute Gasteiger partial charge is 0.269 e. The summed E-state index contributed by atoms with van der Waals surface area (Å²) in [7, 11) is 3.27. The molecule has 1 N–H and O–H groups in total. The number of rotatable bonds is 4. The molecule has 0 fully saturated rings. The normalized spacial score (nSPS) is 11.4. The van der Waals surface area contributed by atoms with Crippen molar-refractivity contribution in [1.29, 1.82) is 0 Å². The van der Waals surface area contributed by atoms with Crippen LogP contribution in [0.15, 0.2) is 77.6 Å². The Kier molecular flexibility index (Phi) is 4.78. The van der Waals surface area contributed by atoms with Crippen molar-refractivity contribution in [3.05, 3.63) is 83.2 Å². The Morgan fingerprint density at radius 1 is 0.794 bits per heavy atom. The fraction of sp³-hybridized carbons (Fsp3) is 0.0741. The molecule has 6 aromatic rings. The highest BCUT2D eigenvalue weighted by Gasteiger charge is 2.20. The average Bonchev–Trinajstić information content (AvgIpc) is 3.26. The van der Waals surface area contributed by atoms with Crippen LogP contribution in [0.5, 0.6) is 11.5 Å². The quantitative estimate of drug-likeness (QED) is 0.344. The average molecular weight is 466 g/mol. The molecule has 0 unspecified atom stereocenters. The number of benzene rings is 3. The molecule has 166 valence electrons. The predicted octanol–water partition coefficient (Wildman–Crippen LogP) is 6.04.